The number of Topliss-reactive ketones (excluding diaryl/α,β-unsaturated/α-hetero) is 1. The molecule has 1 aromatic rings. The van der Waals surface area contributed by atoms with Crippen molar-refractivity contribution in [3.63, 3.8) is 0 Å². The molecule has 0 bridgehead atoms. The average molecular weight is 281 g/mol. The van der Waals surface area contributed by atoms with Crippen LogP contribution in [0.25, 0.3) is 0 Å². The number of nitrogens with zero attached hydrogens (tertiary/aromatic N) is 1. The van der Waals surface area contributed by atoms with Gasteiger partial charge < -0.3 is 10.6 Å². The zero-order chi connectivity index (χ0) is 13.8. The molecule has 104 valence electrons. The van der Waals surface area contributed by atoms with Gasteiger partial charge in [0.05, 0.1) is 0 Å². The number of piperidine rings is 1. The Morgan fingerprint density at radius 1 is 1.42 bits per heavy atom. The number of carbonyl (C=O) groups is 1. The van der Waals surface area contributed by atoms with Gasteiger partial charge in [-0.2, -0.15) is 0 Å². The second kappa shape index (κ2) is 6.51. The second-order valence-electron chi connectivity index (χ2n) is 5.28. The third-order valence-corrected chi connectivity index (χ3v) is 4.18. The van der Waals surface area contributed by atoms with Gasteiger partial charge in [-0.15, -0.1) is 0 Å². The van der Waals surface area contributed by atoms with Crippen LogP contribution in [-0.4, -0.2) is 37.4 Å². The quantitative estimate of drug-likeness (QED) is 0.863. The molecule has 4 heteroatoms. The molecular weight excluding hydrogens is 260 g/mol. The van der Waals surface area contributed by atoms with Crippen LogP contribution in [0.1, 0.15) is 41.1 Å². The Kier molecular flexibility index (Phi) is 4.97. The average Bonchev–Trinajstić information content (AvgIpc) is 2.40. The Morgan fingerprint density at radius 2 is 2.11 bits per heavy atom. The predicted molar refractivity (Wildman–Crippen MR) is 78.9 cm³/mol. The van der Waals surface area contributed by atoms with Crippen molar-refractivity contribution in [3.05, 3.63) is 34.3 Å². The first-order valence-electron chi connectivity index (χ1n) is 6.83. The molecule has 19 heavy (non-hydrogen) atoms. The van der Waals surface area contributed by atoms with E-state index in [0.29, 0.717) is 24.4 Å². The molecule has 0 atom stereocenters. The summed E-state index contributed by atoms with van der Waals surface area (Å²) in [4.78, 5) is 14.1. The van der Waals surface area contributed by atoms with Crippen LogP contribution in [0.5, 0.6) is 0 Å². The van der Waals surface area contributed by atoms with Gasteiger partial charge in [0.1, 0.15) is 0 Å². The van der Waals surface area contributed by atoms with E-state index >= 15 is 0 Å². The van der Waals surface area contributed by atoms with E-state index in [2.05, 4.69) is 11.9 Å². The summed E-state index contributed by atoms with van der Waals surface area (Å²) in [5, 5.41) is 0.720. The van der Waals surface area contributed by atoms with Crippen LogP contribution in [0.3, 0.4) is 0 Å². The summed E-state index contributed by atoms with van der Waals surface area (Å²) in [7, 11) is 2.15. The van der Waals surface area contributed by atoms with Gasteiger partial charge in [-0.05, 0) is 57.1 Å². The SMILES string of the molecule is CN1CCC(c2ccc(C(=O)CCN)cc2Cl)CC1. The lowest BCUT2D eigenvalue weighted by Crippen LogP contribution is -2.29. The van der Waals surface area contributed by atoms with Gasteiger partial charge in [0.25, 0.3) is 0 Å². The summed E-state index contributed by atoms with van der Waals surface area (Å²) in [6, 6.07) is 5.70. The fourth-order valence-electron chi connectivity index (χ4n) is 2.63. The van der Waals surface area contributed by atoms with Crippen LogP contribution >= 0.6 is 11.6 Å². The summed E-state index contributed by atoms with van der Waals surface area (Å²) >= 11 is 6.35. The number of nitrogens with two attached hydrogens (primary N) is 1. The molecule has 1 fully saturated rings. The maximum Gasteiger partial charge on any atom is 0.164 e. The summed E-state index contributed by atoms with van der Waals surface area (Å²) in [5.74, 6) is 0.585. The van der Waals surface area contributed by atoms with E-state index in [1.807, 2.05) is 12.1 Å². The molecule has 1 saturated heterocycles. The van der Waals surface area contributed by atoms with Crippen molar-refractivity contribution in [2.45, 2.75) is 25.2 Å². The lowest BCUT2D eigenvalue weighted by Gasteiger charge is -2.29. The van der Waals surface area contributed by atoms with Gasteiger partial charge in [-0.25, -0.2) is 0 Å². The Bertz CT molecular complexity index is 453. The fraction of sp³-hybridized carbons (Fsp3) is 0.533. The highest BCUT2D eigenvalue weighted by Gasteiger charge is 2.21. The largest absolute Gasteiger partial charge is 0.330 e. The van der Waals surface area contributed by atoms with E-state index in [0.717, 1.165) is 31.0 Å². The standard InChI is InChI=1S/C15H21ClN2O/c1-18-8-5-11(6-9-18)13-3-2-12(10-14(13)16)15(19)4-7-17/h2-3,10-11H,4-9,17H2,1H3. The van der Waals surface area contributed by atoms with Crippen LogP contribution in [0.2, 0.25) is 5.02 Å². The molecule has 0 aliphatic carbocycles. The van der Waals surface area contributed by atoms with Gasteiger partial charge in [-0.3, -0.25) is 4.79 Å². The topological polar surface area (TPSA) is 46.3 Å². The molecule has 3 nitrogen and oxygen atoms in total. The highest BCUT2D eigenvalue weighted by molar-refractivity contribution is 6.31. The Labute approximate surface area is 119 Å². The Balaban J connectivity index is 2.13. The molecule has 1 aromatic carbocycles. The predicted octanol–water partition coefficient (Wildman–Crippen LogP) is 2.68. The molecule has 2 rings (SSSR count). The molecule has 0 unspecified atom stereocenters. The minimum atomic E-state index is 0.0688. The number of ketones is 1. The highest BCUT2D eigenvalue weighted by atomic mass is 35.5. The van der Waals surface area contributed by atoms with E-state index in [1.165, 1.54) is 5.56 Å². The van der Waals surface area contributed by atoms with Crippen molar-refractivity contribution in [1.29, 1.82) is 0 Å². The molecule has 1 aliphatic heterocycles. The second-order valence-corrected chi connectivity index (χ2v) is 5.68. The van der Waals surface area contributed by atoms with E-state index in [-0.39, 0.29) is 5.78 Å². The highest BCUT2D eigenvalue weighted by Crippen LogP contribution is 2.33. The van der Waals surface area contributed by atoms with E-state index in [4.69, 9.17) is 17.3 Å². The molecule has 0 spiro atoms. The number of rotatable bonds is 4. The molecule has 0 radical (unpaired) electrons. The van der Waals surface area contributed by atoms with Crippen LogP contribution in [0.4, 0.5) is 0 Å². The van der Waals surface area contributed by atoms with Gasteiger partial charge in [0.2, 0.25) is 0 Å². The number of hydrogen-bond donors (Lipinski definition) is 1. The van der Waals surface area contributed by atoms with Crippen molar-refractivity contribution >= 4 is 17.4 Å². The maximum atomic E-state index is 11.8. The van der Waals surface area contributed by atoms with E-state index < -0.39 is 0 Å². The summed E-state index contributed by atoms with van der Waals surface area (Å²) in [5.41, 5.74) is 7.26. The number of halogens is 1. The van der Waals surface area contributed by atoms with E-state index in [9.17, 15) is 4.79 Å². The fourth-order valence-corrected chi connectivity index (χ4v) is 2.96. The van der Waals surface area contributed by atoms with E-state index in [1.54, 1.807) is 6.07 Å². The summed E-state index contributed by atoms with van der Waals surface area (Å²) in [6.45, 7) is 2.59. The molecule has 0 aromatic heterocycles. The first-order chi connectivity index (χ1) is 9.11. The molecular formula is C15H21ClN2O. The minimum absolute atomic E-state index is 0.0688. The minimum Gasteiger partial charge on any atom is -0.330 e. The summed E-state index contributed by atoms with van der Waals surface area (Å²) < 4.78 is 0. The van der Waals surface area contributed by atoms with Gasteiger partial charge >= 0.3 is 0 Å². The van der Waals surface area contributed by atoms with Crippen LogP contribution in [0, 0.1) is 0 Å². The van der Waals surface area contributed by atoms with Crippen molar-refractivity contribution in [3.8, 4) is 0 Å². The van der Waals surface area contributed by atoms with Crippen molar-refractivity contribution in [2.75, 3.05) is 26.7 Å². The lowest BCUT2D eigenvalue weighted by atomic mass is 9.88. The lowest BCUT2D eigenvalue weighted by molar-refractivity contribution is 0.0985. The van der Waals surface area contributed by atoms with Crippen molar-refractivity contribution in [1.82, 2.24) is 4.90 Å². The zero-order valence-corrected chi connectivity index (χ0v) is 12.1. The molecule has 1 aliphatic rings. The number of benzene rings is 1. The Morgan fingerprint density at radius 3 is 2.68 bits per heavy atom. The van der Waals surface area contributed by atoms with Crippen LogP contribution in [-0.2, 0) is 0 Å². The zero-order valence-electron chi connectivity index (χ0n) is 11.4. The summed E-state index contributed by atoms with van der Waals surface area (Å²) in [6.07, 6.45) is 2.64. The first-order valence-corrected chi connectivity index (χ1v) is 7.21. The number of likely N-dealkylation sites (tertiary alicyclic amines) is 1. The molecule has 2 N–H and O–H groups in total. The normalized spacial score (nSPS) is 17.6. The third-order valence-electron chi connectivity index (χ3n) is 3.85. The monoisotopic (exact) mass is 280 g/mol. The number of hydrogen-bond acceptors (Lipinski definition) is 3. The van der Waals surface area contributed by atoms with Gasteiger partial charge in [0.15, 0.2) is 5.78 Å². The Hall–Kier alpha value is -0.900. The van der Waals surface area contributed by atoms with Crippen molar-refractivity contribution < 1.29 is 4.79 Å². The number of carbonyl (C=O) groups excluding carboxylic acids is 1. The first kappa shape index (κ1) is 14.5. The van der Waals surface area contributed by atoms with Crippen LogP contribution in [0.15, 0.2) is 18.2 Å². The molecule has 1 heterocycles. The third kappa shape index (κ3) is 3.56. The smallest absolute Gasteiger partial charge is 0.164 e. The van der Waals surface area contributed by atoms with Gasteiger partial charge in [-0.1, -0.05) is 23.7 Å². The maximum absolute atomic E-state index is 11.8. The molecule has 0 amide bonds. The van der Waals surface area contributed by atoms with Gasteiger partial charge in [0, 0.05) is 17.0 Å². The van der Waals surface area contributed by atoms with Crippen molar-refractivity contribution in [2.24, 2.45) is 5.73 Å². The molecule has 0 saturated carbocycles. The van der Waals surface area contributed by atoms with Crippen LogP contribution < -0.4 is 5.73 Å².